The molecule has 2 nitrogen and oxygen atoms in total. The van der Waals surface area contributed by atoms with Crippen molar-refractivity contribution in [2.75, 3.05) is 5.32 Å². The molecule has 0 saturated carbocycles. The standard InChI is InChI=1S/C19H16N2/c1-14-6-8-15(9-7-14)13-21-19-11-10-16(12-20)17-4-2-3-5-18(17)19/h2-11,21H,13H2,1H3. The molecule has 0 aromatic heterocycles. The van der Waals surface area contributed by atoms with Crippen molar-refractivity contribution in [1.82, 2.24) is 0 Å². The van der Waals surface area contributed by atoms with Crippen LogP contribution in [0.15, 0.2) is 60.7 Å². The van der Waals surface area contributed by atoms with Gasteiger partial charge in [-0.1, -0.05) is 54.1 Å². The fraction of sp³-hybridized carbons (Fsp3) is 0.105. The topological polar surface area (TPSA) is 35.8 Å². The highest BCUT2D eigenvalue weighted by molar-refractivity contribution is 5.97. The summed E-state index contributed by atoms with van der Waals surface area (Å²) in [4.78, 5) is 0. The molecule has 3 aromatic carbocycles. The highest BCUT2D eigenvalue weighted by atomic mass is 14.9. The van der Waals surface area contributed by atoms with E-state index in [-0.39, 0.29) is 0 Å². The zero-order valence-corrected chi connectivity index (χ0v) is 11.9. The Bertz CT molecular complexity index is 811. The summed E-state index contributed by atoms with van der Waals surface area (Å²) in [7, 11) is 0. The molecule has 0 saturated heterocycles. The molecule has 2 heteroatoms. The number of rotatable bonds is 3. The largest absolute Gasteiger partial charge is 0.380 e. The van der Waals surface area contributed by atoms with Crippen LogP contribution in [-0.2, 0) is 6.54 Å². The highest BCUT2D eigenvalue weighted by Gasteiger charge is 2.05. The molecule has 0 unspecified atom stereocenters. The van der Waals surface area contributed by atoms with Gasteiger partial charge in [0.1, 0.15) is 0 Å². The third-order valence-electron chi connectivity index (χ3n) is 3.65. The molecule has 21 heavy (non-hydrogen) atoms. The quantitative estimate of drug-likeness (QED) is 0.754. The summed E-state index contributed by atoms with van der Waals surface area (Å²) in [6.45, 7) is 2.86. The molecule has 0 atom stereocenters. The number of aryl methyl sites for hydroxylation is 1. The lowest BCUT2D eigenvalue weighted by atomic mass is 10.0. The molecule has 0 aliphatic rings. The van der Waals surface area contributed by atoms with E-state index in [4.69, 9.17) is 0 Å². The molecule has 1 N–H and O–H groups in total. The van der Waals surface area contributed by atoms with E-state index in [0.29, 0.717) is 5.56 Å². The Morgan fingerprint density at radius 3 is 2.33 bits per heavy atom. The van der Waals surface area contributed by atoms with Crippen molar-refractivity contribution in [2.24, 2.45) is 0 Å². The minimum absolute atomic E-state index is 0.714. The van der Waals surface area contributed by atoms with E-state index in [0.717, 1.165) is 23.0 Å². The molecule has 0 bridgehead atoms. The minimum Gasteiger partial charge on any atom is -0.380 e. The van der Waals surface area contributed by atoms with Gasteiger partial charge >= 0.3 is 0 Å². The lowest BCUT2D eigenvalue weighted by molar-refractivity contribution is 1.15. The molecule has 102 valence electrons. The molecule has 3 aromatic rings. The monoisotopic (exact) mass is 272 g/mol. The van der Waals surface area contributed by atoms with Crippen molar-refractivity contribution in [3.63, 3.8) is 0 Å². The van der Waals surface area contributed by atoms with E-state index in [2.05, 4.69) is 42.6 Å². The molecular weight excluding hydrogens is 256 g/mol. The Balaban J connectivity index is 1.91. The van der Waals surface area contributed by atoms with Crippen molar-refractivity contribution < 1.29 is 0 Å². The molecular formula is C19H16N2. The summed E-state index contributed by atoms with van der Waals surface area (Å²) in [5.41, 5.74) is 4.29. The first-order valence-electron chi connectivity index (χ1n) is 6.99. The first-order valence-corrected chi connectivity index (χ1v) is 6.99. The Morgan fingerprint density at radius 2 is 1.62 bits per heavy atom. The first-order chi connectivity index (χ1) is 10.3. The summed E-state index contributed by atoms with van der Waals surface area (Å²) in [6.07, 6.45) is 0. The fourth-order valence-electron chi connectivity index (χ4n) is 2.45. The van der Waals surface area contributed by atoms with Gasteiger partial charge in [0, 0.05) is 23.0 Å². The molecule has 0 amide bonds. The summed E-state index contributed by atoms with van der Waals surface area (Å²) >= 11 is 0. The number of hydrogen-bond acceptors (Lipinski definition) is 2. The Labute approximate surface area is 124 Å². The summed E-state index contributed by atoms with van der Waals surface area (Å²) in [6, 6.07) is 22.6. The van der Waals surface area contributed by atoms with E-state index in [1.807, 2.05) is 36.4 Å². The maximum absolute atomic E-state index is 9.19. The van der Waals surface area contributed by atoms with E-state index in [9.17, 15) is 5.26 Å². The average Bonchev–Trinajstić information content (AvgIpc) is 2.54. The maximum Gasteiger partial charge on any atom is 0.0998 e. The molecule has 3 rings (SSSR count). The van der Waals surface area contributed by atoms with Gasteiger partial charge in [-0.05, 0) is 24.6 Å². The van der Waals surface area contributed by atoms with Gasteiger partial charge in [-0.15, -0.1) is 0 Å². The second-order valence-corrected chi connectivity index (χ2v) is 5.16. The van der Waals surface area contributed by atoms with Gasteiger partial charge in [0.2, 0.25) is 0 Å². The van der Waals surface area contributed by atoms with Crippen LogP contribution in [-0.4, -0.2) is 0 Å². The molecule has 0 radical (unpaired) electrons. The second-order valence-electron chi connectivity index (χ2n) is 5.16. The van der Waals surface area contributed by atoms with Gasteiger partial charge in [0.05, 0.1) is 11.6 Å². The van der Waals surface area contributed by atoms with Crippen molar-refractivity contribution in [3.05, 3.63) is 77.4 Å². The molecule has 0 fully saturated rings. The van der Waals surface area contributed by atoms with Gasteiger partial charge < -0.3 is 5.32 Å². The van der Waals surface area contributed by atoms with Crippen LogP contribution in [0, 0.1) is 18.3 Å². The lowest BCUT2D eigenvalue weighted by Crippen LogP contribution is -2.00. The van der Waals surface area contributed by atoms with Crippen molar-refractivity contribution >= 4 is 16.5 Å². The van der Waals surface area contributed by atoms with E-state index >= 15 is 0 Å². The van der Waals surface area contributed by atoms with Gasteiger partial charge in [0.25, 0.3) is 0 Å². The molecule has 0 aliphatic carbocycles. The second kappa shape index (κ2) is 5.68. The van der Waals surface area contributed by atoms with Crippen LogP contribution in [0.25, 0.3) is 10.8 Å². The third kappa shape index (κ3) is 2.73. The SMILES string of the molecule is Cc1ccc(CNc2ccc(C#N)c3ccccc23)cc1. The van der Waals surface area contributed by atoms with Crippen molar-refractivity contribution in [3.8, 4) is 6.07 Å². The number of nitrogens with zero attached hydrogens (tertiary/aromatic N) is 1. The number of fused-ring (bicyclic) bond motifs is 1. The fourth-order valence-corrected chi connectivity index (χ4v) is 2.45. The number of hydrogen-bond donors (Lipinski definition) is 1. The van der Waals surface area contributed by atoms with E-state index < -0.39 is 0 Å². The maximum atomic E-state index is 9.19. The zero-order chi connectivity index (χ0) is 14.7. The van der Waals surface area contributed by atoms with Crippen LogP contribution >= 0.6 is 0 Å². The summed E-state index contributed by atoms with van der Waals surface area (Å²) in [5.74, 6) is 0. The minimum atomic E-state index is 0.714. The molecule has 0 heterocycles. The Hall–Kier alpha value is -2.79. The van der Waals surface area contributed by atoms with Gasteiger partial charge in [-0.2, -0.15) is 5.26 Å². The number of anilines is 1. The van der Waals surface area contributed by atoms with Crippen LogP contribution in [0.1, 0.15) is 16.7 Å². The van der Waals surface area contributed by atoms with Gasteiger partial charge in [0.15, 0.2) is 0 Å². The van der Waals surface area contributed by atoms with E-state index in [1.54, 1.807) is 0 Å². The molecule has 0 spiro atoms. The van der Waals surface area contributed by atoms with Crippen LogP contribution in [0.2, 0.25) is 0 Å². The molecule has 0 aliphatic heterocycles. The van der Waals surface area contributed by atoms with Crippen molar-refractivity contribution in [2.45, 2.75) is 13.5 Å². The van der Waals surface area contributed by atoms with Crippen LogP contribution < -0.4 is 5.32 Å². The van der Waals surface area contributed by atoms with Crippen LogP contribution in [0.5, 0.6) is 0 Å². The average molecular weight is 272 g/mol. The number of nitrogens with one attached hydrogen (secondary N) is 1. The smallest absolute Gasteiger partial charge is 0.0998 e. The van der Waals surface area contributed by atoms with Crippen LogP contribution in [0.3, 0.4) is 0 Å². The summed E-state index contributed by atoms with van der Waals surface area (Å²) in [5, 5.41) is 14.7. The number of benzene rings is 3. The lowest BCUT2D eigenvalue weighted by Gasteiger charge is -2.11. The normalized spacial score (nSPS) is 10.3. The zero-order valence-electron chi connectivity index (χ0n) is 11.9. The predicted octanol–water partition coefficient (Wildman–Crippen LogP) is 4.63. The Morgan fingerprint density at radius 1 is 0.905 bits per heavy atom. The van der Waals surface area contributed by atoms with Crippen molar-refractivity contribution in [1.29, 1.82) is 5.26 Å². The summed E-state index contributed by atoms with van der Waals surface area (Å²) < 4.78 is 0. The predicted molar refractivity (Wildman–Crippen MR) is 87.2 cm³/mol. The Kier molecular flexibility index (Phi) is 3.57. The van der Waals surface area contributed by atoms with Gasteiger partial charge in [-0.25, -0.2) is 0 Å². The van der Waals surface area contributed by atoms with Crippen LogP contribution in [0.4, 0.5) is 5.69 Å². The van der Waals surface area contributed by atoms with E-state index in [1.165, 1.54) is 11.1 Å². The van der Waals surface area contributed by atoms with Gasteiger partial charge in [-0.3, -0.25) is 0 Å². The number of nitriles is 1. The third-order valence-corrected chi connectivity index (χ3v) is 3.65. The highest BCUT2D eigenvalue weighted by Crippen LogP contribution is 2.26. The first kappa shape index (κ1) is 13.2.